The number of para-hydroxylation sites is 1. The van der Waals surface area contributed by atoms with Gasteiger partial charge in [-0.15, -0.1) is 0 Å². The van der Waals surface area contributed by atoms with Gasteiger partial charge in [0.25, 0.3) is 0 Å². The number of fused-ring (bicyclic) bond motifs is 2. The highest BCUT2D eigenvalue weighted by Gasteiger charge is 2.26. The molecule has 0 aliphatic carbocycles. The summed E-state index contributed by atoms with van der Waals surface area (Å²) >= 11 is 1.70. The van der Waals surface area contributed by atoms with Gasteiger partial charge in [-0.2, -0.15) is 0 Å². The number of sulfone groups is 1. The van der Waals surface area contributed by atoms with E-state index in [0.717, 1.165) is 29.4 Å². The standard InChI is InChI=1S/C19H24N2O2S2/c1-14(12-20(2)3)13-21-16-7-5-6-8-18(16)24-19-10-9-15(11-17(19)21)25(4,22)23/h5-11,14H,12-13H2,1-4H3. The van der Waals surface area contributed by atoms with E-state index in [1.54, 1.807) is 17.8 Å². The van der Waals surface area contributed by atoms with E-state index in [0.29, 0.717) is 10.8 Å². The molecule has 0 bridgehead atoms. The molecule has 0 aromatic heterocycles. The summed E-state index contributed by atoms with van der Waals surface area (Å²) in [6.07, 6.45) is 1.26. The van der Waals surface area contributed by atoms with Crippen LogP contribution in [-0.2, 0) is 9.84 Å². The first kappa shape index (κ1) is 18.3. The summed E-state index contributed by atoms with van der Waals surface area (Å²) in [7, 11) is 0.922. The molecule has 0 amide bonds. The molecule has 1 atom stereocenters. The fraction of sp³-hybridized carbons (Fsp3) is 0.368. The molecule has 2 aromatic carbocycles. The highest BCUT2D eigenvalue weighted by molar-refractivity contribution is 7.99. The van der Waals surface area contributed by atoms with Crippen molar-refractivity contribution in [2.24, 2.45) is 5.92 Å². The molecule has 0 N–H and O–H groups in total. The molecule has 25 heavy (non-hydrogen) atoms. The Balaban J connectivity index is 2.06. The third-order valence-corrected chi connectivity index (χ3v) is 6.44. The minimum absolute atomic E-state index is 0.372. The first-order valence-corrected chi connectivity index (χ1v) is 11.0. The lowest BCUT2D eigenvalue weighted by Crippen LogP contribution is -2.31. The van der Waals surface area contributed by atoms with Crippen molar-refractivity contribution in [1.29, 1.82) is 0 Å². The number of nitrogens with zero attached hydrogens (tertiary/aromatic N) is 2. The Morgan fingerprint density at radius 1 is 1.08 bits per heavy atom. The van der Waals surface area contributed by atoms with E-state index in [4.69, 9.17) is 0 Å². The van der Waals surface area contributed by atoms with Gasteiger partial charge >= 0.3 is 0 Å². The van der Waals surface area contributed by atoms with E-state index >= 15 is 0 Å². The second kappa shape index (κ2) is 7.02. The van der Waals surface area contributed by atoms with Gasteiger partial charge in [0.15, 0.2) is 9.84 Å². The number of anilines is 2. The van der Waals surface area contributed by atoms with Crippen molar-refractivity contribution in [3.63, 3.8) is 0 Å². The van der Waals surface area contributed by atoms with E-state index in [1.165, 1.54) is 11.2 Å². The van der Waals surface area contributed by atoms with Crippen molar-refractivity contribution in [1.82, 2.24) is 4.90 Å². The van der Waals surface area contributed by atoms with Crippen LogP contribution in [0.15, 0.2) is 57.2 Å². The Labute approximate surface area is 154 Å². The molecular weight excluding hydrogens is 352 g/mol. The molecule has 0 spiro atoms. The van der Waals surface area contributed by atoms with Crippen LogP contribution in [0.3, 0.4) is 0 Å². The Kier molecular flexibility index (Phi) is 5.14. The summed E-state index contributed by atoms with van der Waals surface area (Å²) in [5, 5.41) is 0. The third kappa shape index (κ3) is 4.02. The summed E-state index contributed by atoms with van der Waals surface area (Å²) in [5.74, 6) is 0.445. The molecular formula is C19H24N2O2S2. The zero-order valence-corrected chi connectivity index (χ0v) is 16.7. The van der Waals surface area contributed by atoms with E-state index in [-0.39, 0.29) is 0 Å². The van der Waals surface area contributed by atoms with E-state index in [9.17, 15) is 8.42 Å². The monoisotopic (exact) mass is 376 g/mol. The van der Waals surface area contributed by atoms with Gasteiger partial charge in [-0.3, -0.25) is 0 Å². The lowest BCUT2D eigenvalue weighted by atomic mass is 10.1. The second-order valence-corrected chi connectivity index (χ2v) is 10.0. The highest BCUT2D eigenvalue weighted by Crippen LogP contribution is 2.48. The number of hydrogen-bond donors (Lipinski definition) is 0. The summed E-state index contributed by atoms with van der Waals surface area (Å²) in [6.45, 7) is 4.05. The molecule has 3 rings (SSSR count). The quantitative estimate of drug-likeness (QED) is 0.792. The van der Waals surface area contributed by atoms with Crippen molar-refractivity contribution < 1.29 is 8.42 Å². The molecule has 4 nitrogen and oxygen atoms in total. The predicted octanol–water partition coefficient (Wildman–Crippen LogP) is 3.89. The van der Waals surface area contributed by atoms with Crippen LogP contribution in [0.2, 0.25) is 0 Å². The minimum Gasteiger partial charge on any atom is -0.339 e. The molecule has 1 unspecified atom stereocenters. The van der Waals surface area contributed by atoms with Gasteiger partial charge in [-0.25, -0.2) is 8.42 Å². The van der Waals surface area contributed by atoms with Crippen molar-refractivity contribution in [2.75, 3.05) is 38.3 Å². The minimum atomic E-state index is -3.23. The maximum Gasteiger partial charge on any atom is 0.175 e. The van der Waals surface area contributed by atoms with Crippen molar-refractivity contribution in [3.05, 3.63) is 42.5 Å². The van der Waals surface area contributed by atoms with Gasteiger partial charge in [0, 0.05) is 29.1 Å². The van der Waals surface area contributed by atoms with E-state index in [1.807, 2.05) is 24.3 Å². The summed E-state index contributed by atoms with van der Waals surface area (Å²) in [5.41, 5.74) is 2.13. The molecule has 2 aromatic rings. The van der Waals surface area contributed by atoms with Crippen LogP contribution in [0.5, 0.6) is 0 Å². The lowest BCUT2D eigenvalue weighted by Gasteiger charge is -2.35. The Morgan fingerprint density at radius 3 is 2.44 bits per heavy atom. The molecule has 0 saturated heterocycles. The van der Waals surface area contributed by atoms with Gasteiger partial charge < -0.3 is 9.80 Å². The smallest absolute Gasteiger partial charge is 0.175 e. The lowest BCUT2D eigenvalue weighted by molar-refractivity contribution is 0.343. The van der Waals surface area contributed by atoms with Crippen LogP contribution in [0, 0.1) is 5.92 Å². The average Bonchev–Trinajstić information content (AvgIpc) is 2.52. The topological polar surface area (TPSA) is 40.6 Å². The fourth-order valence-electron chi connectivity index (χ4n) is 3.23. The summed E-state index contributed by atoms with van der Waals surface area (Å²) < 4.78 is 24.0. The first-order valence-electron chi connectivity index (χ1n) is 8.29. The van der Waals surface area contributed by atoms with Crippen LogP contribution >= 0.6 is 11.8 Å². The molecule has 1 heterocycles. The molecule has 0 fully saturated rings. The number of hydrogen-bond acceptors (Lipinski definition) is 5. The second-order valence-electron chi connectivity index (χ2n) is 6.95. The zero-order chi connectivity index (χ0) is 18.2. The molecule has 0 radical (unpaired) electrons. The fourth-order valence-corrected chi connectivity index (χ4v) is 4.95. The SMILES string of the molecule is CC(CN(C)C)CN1c2ccccc2Sc2ccc(S(C)(=O)=O)cc21. The number of rotatable bonds is 5. The normalized spacial score (nSPS) is 15.0. The molecule has 1 aliphatic rings. The molecule has 1 aliphatic heterocycles. The molecule has 0 saturated carbocycles. The third-order valence-electron chi connectivity index (χ3n) is 4.20. The van der Waals surface area contributed by atoms with Crippen LogP contribution in [0.1, 0.15) is 6.92 Å². The maximum absolute atomic E-state index is 12.0. The maximum atomic E-state index is 12.0. The van der Waals surface area contributed by atoms with Crippen LogP contribution < -0.4 is 4.90 Å². The van der Waals surface area contributed by atoms with Gasteiger partial charge in [-0.1, -0.05) is 30.8 Å². The molecule has 134 valence electrons. The van der Waals surface area contributed by atoms with Gasteiger partial charge in [-0.05, 0) is 50.3 Å². The first-order chi connectivity index (χ1) is 11.8. The van der Waals surface area contributed by atoms with Gasteiger partial charge in [0.1, 0.15) is 0 Å². The highest BCUT2D eigenvalue weighted by atomic mass is 32.2. The van der Waals surface area contributed by atoms with Crippen molar-refractivity contribution >= 4 is 33.0 Å². The van der Waals surface area contributed by atoms with Crippen molar-refractivity contribution in [3.8, 4) is 0 Å². The van der Waals surface area contributed by atoms with Crippen LogP contribution in [0.4, 0.5) is 11.4 Å². The van der Waals surface area contributed by atoms with E-state index < -0.39 is 9.84 Å². The Hall–Kier alpha value is -1.50. The number of benzene rings is 2. The average molecular weight is 377 g/mol. The zero-order valence-electron chi connectivity index (χ0n) is 15.1. The summed E-state index contributed by atoms with van der Waals surface area (Å²) in [4.78, 5) is 7.13. The Bertz CT molecular complexity index is 879. The largest absolute Gasteiger partial charge is 0.339 e. The Morgan fingerprint density at radius 2 is 1.76 bits per heavy atom. The molecule has 6 heteroatoms. The van der Waals surface area contributed by atoms with Gasteiger partial charge in [0.05, 0.1) is 16.3 Å². The van der Waals surface area contributed by atoms with Gasteiger partial charge in [0.2, 0.25) is 0 Å². The van der Waals surface area contributed by atoms with E-state index in [2.05, 4.69) is 43.0 Å². The van der Waals surface area contributed by atoms with Crippen LogP contribution in [-0.4, -0.2) is 46.8 Å². The van der Waals surface area contributed by atoms with Crippen molar-refractivity contribution in [2.45, 2.75) is 21.6 Å². The summed E-state index contributed by atoms with van der Waals surface area (Å²) in [6, 6.07) is 13.8. The van der Waals surface area contributed by atoms with Crippen LogP contribution in [0.25, 0.3) is 0 Å². The predicted molar refractivity (Wildman–Crippen MR) is 105 cm³/mol.